The quantitative estimate of drug-likeness (QED) is 0.777. The fourth-order valence-corrected chi connectivity index (χ4v) is 2.81. The van der Waals surface area contributed by atoms with E-state index in [0.717, 1.165) is 23.4 Å². The number of fused-ring (bicyclic) bond motifs is 1. The lowest BCUT2D eigenvalue weighted by atomic mass is 10.1. The van der Waals surface area contributed by atoms with Crippen molar-refractivity contribution in [2.24, 2.45) is 0 Å². The fraction of sp³-hybridized carbons (Fsp3) is 0.643. The molecule has 0 radical (unpaired) electrons. The summed E-state index contributed by atoms with van der Waals surface area (Å²) < 4.78 is 0. The lowest BCUT2D eigenvalue weighted by Crippen LogP contribution is -2.41. The summed E-state index contributed by atoms with van der Waals surface area (Å²) in [5.41, 5.74) is 0.752. The van der Waals surface area contributed by atoms with Crippen LogP contribution in [-0.4, -0.2) is 57.8 Å². The molecule has 1 atom stereocenters. The minimum atomic E-state index is 0.500. The van der Waals surface area contributed by atoms with Crippen molar-refractivity contribution in [2.45, 2.75) is 32.2 Å². The third-order valence-corrected chi connectivity index (χ3v) is 4.11. The molecule has 1 unspecified atom stereocenters. The number of nitrogens with zero attached hydrogens (tertiary/aromatic N) is 4. The van der Waals surface area contributed by atoms with Crippen LogP contribution < -0.4 is 10.6 Å². The molecule has 0 spiro atoms. The smallest absolute Gasteiger partial charge is 0.226 e. The molecule has 7 nitrogen and oxygen atoms in total. The molecule has 1 saturated heterocycles. The molecule has 21 heavy (non-hydrogen) atoms. The van der Waals surface area contributed by atoms with Crippen LogP contribution in [0.15, 0.2) is 6.20 Å². The van der Waals surface area contributed by atoms with Crippen molar-refractivity contribution < 1.29 is 0 Å². The minimum absolute atomic E-state index is 0.500. The van der Waals surface area contributed by atoms with E-state index in [2.05, 4.69) is 42.6 Å². The van der Waals surface area contributed by atoms with Gasteiger partial charge in [0.25, 0.3) is 0 Å². The summed E-state index contributed by atoms with van der Waals surface area (Å²) in [4.78, 5) is 11.4. The maximum absolute atomic E-state index is 4.50. The summed E-state index contributed by atoms with van der Waals surface area (Å²) in [7, 11) is 1.82. The van der Waals surface area contributed by atoms with Crippen molar-refractivity contribution in [1.82, 2.24) is 25.1 Å². The molecule has 3 rings (SSSR count). The van der Waals surface area contributed by atoms with Crippen LogP contribution in [0.4, 0.5) is 11.8 Å². The van der Waals surface area contributed by atoms with Crippen LogP contribution in [0.5, 0.6) is 0 Å². The number of aromatic nitrogens is 4. The van der Waals surface area contributed by atoms with Gasteiger partial charge in [-0.25, -0.2) is 0 Å². The molecule has 0 bridgehead atoms. The predicted octanol–water partition coefficient (Wildman–Crippen LogP) is 1.68. The molecule has 3 heterocycles. The highest BCUT2D eigenvalue weighted by atomic mass is 15.2. The second-order valence-electron chi connectivity index (χ2n) is 5.60. The van der Waals surface area contributed by atoms with Crippen LogP contribution >= 0.6 is 0 Å². The molecule has 0 amide bonds. The average molecular weight is 289 g/mol. The Morgan fingerprint density at radius 1 is 1.29 bits per heavy atom. The second-order valence-corrected chi connectivity index (χ2v) is 5.60. The van der Waals surface area contributed by atoms with E-state index >= 15 is 0 Å². The number of piperidine rings is 1. The summed E-state index contributed by atoms with van der Waals surface area (Å²) in [5.74, 6) is 1.43. The first-order chi connectivity index (χ1) is 10.3. The van der Waals surface area contributed by atoms with E-state index in [-0.39, 0.29) is 0 Å². The van der Waals surface area contributed by atoms with Gasteiger partial charge in [0, 0.05) is 19.6 Å². The molecule has 7 heteroatoms. The van der Waals surface area contributed by atoms with Gasteiger partial charge in [-0.2, -0.15) is 15.1 Å². The van der Waals surface area contributed by atoms with Gasteiger partial charge in [-0.05, 0) is 32.9 Å². The molecule has 1 aliphatic rings. The monoisotopic (exact) mass is 289 g/mol. The Morgan fingerprint density at radius 2 is 2.10 bits per heavy atom. The van der Waals surface area contributed by atoms with Crippen molar-refractivity contribution in [2.75, 3.05) is 37.3 Å². The van der Waals surface area contributed by atoms with Crippen LogP contribution in [0, 0.1) is 0 Å². The highest BCUT2D eigenvalue weighted by Gasteiger charge is 2.17. The molecule has 2 aromatic heterocycles. The Morgan fingerprint density at radius 3 is 2.86 bits per heavy atom. The lowest BCUT2D eigenvalue weighted by molar-refractivity contribution is 0.180. The predicted molar refractivity (Wildman–Crippen MR) is 84.6 cm³/mol. The van der Waals surface area contributed by atoms with Gasteiger partial charge in [0.1, 0.15) is 5.82 Å². The van der Waals surface area contributed by atoms with E-state index in [4.69, 9.17) is 0 Å². The number of hydrogen-bond acceptors (Lipinski definition) is 6. The van der Waals surface area contributed by atoms with Crippen LogP contribution in [0.1, 0.15) is 26.2 Å². The van der Waals surface area contributed by atoms with Crippen molar-refractivity contribution in [3.63, 3.8) is 0 Å². The Bertz CT molecular complexity index is 588. The van der Waals surface area contributed by atoms with Gasteiger partial charge < -0.3 is 10.6 Å². The van der Waals surface area contributed by atoms with Crippen molar-refractivity contribution in [3.05, 3.63) is 6.20 Å². The number of nitrogens with one attached hydrogen (secondary N) is 3. The average Bonchev–Trinajstić information content (AvgIpc) is 3.01. The number of aromatic amines is 1. The SMILES string of the molecule is CNc1nc(NCC(C)N2CCCCC2)c2cn[nH]c2n1. The van der Waals surface area contributed by atoms with Gasteiger partial charge in [-0.3, -0.25) is 10.00 Å². The van der Waals surface area contributed by atoms with Crippen LogP contribution in [0.25, 0.3) is 11.0 Å². The van der Waals surface area contributed by atoms with E-state index in [1.54, 1.807) is 6.20 Å². The van der Waals surface area contributed by atoms with Crippen LogP contribution in [-0.2, 0) is 0 Å². The first-order valence-electron chi connectivity index (χ1n) is 7.64. The van der Waals surface area contributed by atoms with E-state index in [1.807, 2.05) is 7.05 Å². The number of hydrogen-bond donors (Lipinski definition) is 3. The van der Waals surface area contributed by atoms with Crippen molar-refractivity contribution >= 4 is 22.8 Å². The largest absolute Gasteiger partial charge is 0.368 e. The number of rotatable bonds is 5. The Hall–Kier alpha value is -1.89. The summed E-state index contributed by atoms with van der Waals surface area (Å²) in [6.07, 6.45) is 5.76. The highest BCUT2D eigenvalue weighted by molar-refractivity contribution is 5.86. The molecule has 3 N–H and O–H groups in total. The summed E-state index contributed by atoms with van der Waals surface area (Å²) in [5, 5.41) is 14.3. The zero-order chi connectivity index (χ0) is 14.7. The molecule has 114 valence electrons. The standard InChI is InChI=1S/C14H23N7/c1-10(21-6-4-3-5-7-21)8-16-12-11-9-17-20-13(11)19-14(15-2)18-12/h9-10H,3-8H2,1-2H3,(H3,15,16,17,18,19,20). The van der Waals surface area contributed by atoms with Crippen molar-refractivity contribution in [1.29, 1.82) is 0 Å². The van der Waals surface area contributed by atoms with E-state index in [0.29, 0.717) is 12.0 Å². The fourth-order valence-electron chi connectivity index (χ4n) is 2.81. The Kier molecular flexibility index (Phi) is 4.19. The van der Waals surface area contributed by atoms with Crippen LogP contribution in [0.3, 0.4) is 0 Å². The topological polar surface area (TPSA) is 81.8 Å². The number of anilines is 2. The summed E-state index contributed by atoms with van der Waals surface area (Å²) in [6, 6.07) is 0.500. The first-order valence-corrected chi connectivity index (χ1v) is 7.64. The van der Waals surface area contributed by atoms with Gasteiger partial charge in [0.05, 0.1) is 11.6 Å². The molecule has 0 aromatic carbocycles. The third-order valence-electron chi connectivity index (χ3n) is 4.11. The Labute approximate surface area is 124 Å². The van der Waals surface area contributed by atoms with E-state index in [1.165, 1.54) is 32.4 Å². The van der Waals surface area contributed by atoms with E-state index < -0.39 is 0 Å². The molecule has 0 aliphatic carbocycles. The number of H-pyrrole nitrogens is 1. The van der Waals surface area contributed by atoms with Gasteiger partial charge in [0.2, 0.25) is 5.95 Å². The highest BCUT2D eigenvalue weighted by Crippen LogP contribution is 2.20. The minimum Gasteiger partial charge on any atom is -0.368 e. The zero-order valence-corrected chi connectivity index (χ0v) is 12.7. The number of likely N-dealkylation sites (tertiary alicyclic amines) is 1. The Balaban J connectivity index is 1.70. The molecular weight excluding hydrogens is 266 g/mol. The molecule has 2 aromatic rings. The molecule has 1 fully saturated rings. The summed E-state index contributed by atoms with van der Waals surface area (Å²) in [6.45, 7) is 5.55. The lowest BCUT2D eigenvalue weighted by Gasteiger charge is -2.32. The first kappa shape index (κ1) is 14.1. The third kappa shape index (κ3) is 3.07. The van der Waals surface area contributed by atoms with Gasteiger partial charge in [-0.1, -0.05) is 6.42 Å². The molecule has 0 saturated carbocycles. The van der Waals surface area contributed by atoms with Crippen LogP contribution in [0.2, 0.25) is 0 Å². The maximum atomic E-state index is 4.50. The van der Waals surface area contributed by atoms with Crippen molar-refractivity contribution in [3.8, 4) is 0 Å². The summed E-state index contributed by atoms with van der Waals surface area (Å²) >= 11 is 0. The van der Waals surface area contributed by atoms with Gasteiger partial charge in [0.15, 0.2) is 5.65 Å². The molecular formula is C14H23N7. The maximum Gasteiger partial charge on any atom is 0.226 e. The molecule has 1 aliphatic heterocycles. The van der Waals surface area contributed by atoms with Gasteiger partial charge in [-0.15, -0.1) is 0 Å². The normalized spacial score (nSPS) is 17.8. The van der Waals surface area contributed by atoms with Gasteiger partial charge >= 0.3 is 0 Å². The second kappa shape index (κ2) is 6.26. The zero-order valence-electron chi connectivity index (χ0n) is 12.7. The van der Waals surface area contributed by atoms with E-state index in [9.17, 15) is 0 Å².